The lowest BCUT2D eigenvalue weighted by Gasteiger charge is -2.05. The molecule has 0 atom stereocenters. The third-order valence-electron chi connectivity index (χ3n) is 5.31. The van der Waals surface area contributed by atoms with Gasteiger partial charge in [0.1, 0.15) is 0 Å². The number of hydrogen-bond acceptors (Lipinski definition) is 2. The summed E-state index contributed by atoms with van der Waals surface area (Å²) >= 11 is 2.24. The van der Waals surface area contributed by atoms with Crippen molar-refractivity contribution in [2.75, 3.05) is 6.61 Å². The number of benzene rings is 1. The van der Waals surface area contributed by atoms with Crippen LogP contribution in [0.1, 0.15) is 120 Å². The van der Waals surface area contributed by atoms with E-state index in [-0.39, 0.29) is 5.97 Å². The summed E-state index contributed by atoms with van der Waals surface area (Å²) < 4.78 is 6.48. The SMILES string of the molecule is CCCCCCCCCCCCCCCCCCOC(=O)c1ccc(I)cc1. The fourth-order valence-corrected chi connectivity index (χ4v) is 3.84. The number of carbonyl (C=O) groups excluding carboxylic acids is 1. The van der Waals surface area contributed by atoms with Crippen LogP contribution in [0.5, 0.6) is 0 Å². The van der Waals surface area contributed by atoms with Crippen molar-refractivity contribution in [2.24, 2.45) is 0 Å². The molecule has 2 nitrogen and oxygen atoms in total. The molecule has 0 radical (unpaired) electrons. The van der Waals surface area contributed by atoms with Gasteiger partial charge in [0.15, 0.2) is 0 Å². The zero-order valence-corrected chi connectivity index (χ0v) is 20.2. The Morgan fingerprint density at radius 2 is 1.07 bits per heavy atom. The molecule has 0 saturated carbocycles. The molecule has 0 N–H and O–H groups in total. The van der Waals surface area contributed by atoms with Crippen molar-refractivity contribution >= 4 is 28.6 Å². The van der Waals surface area contributed by atoms with Gasteiger partial charge in [-0.3, -0.25) is 0 Å². The summed E-state index contributed by atoms with van der Waals surface area (Å²) in [5.41, 5.74) is 0.650. The van der Waals surface area contributed by atoms with E-state index in [0.29, 0.717) is 12.2 Å². The molecule has 1 aromatic carbocycles. The Balaban J connectivity index is 1.78. The van der Waals surface area contributed by atoms with Gasteiger partial charge >= 0.3 is 5.97 Å². The Hall–Kier alpha value is -0.580. The molecule has 1 rings (SSSR count). The van der Waals surface area contributed by atoms with Crippen molar-refractivity contribution in [1.82, 2.24) is 0 Å². The Morgan fingerprint density at radius 1 is 0.679 bits per heavy atom. The average molecular weight is 501 g/mol. The van der Waals surface area contributed by atoms with Crippen LogP contribution in [-0.4, -0.2) is 12.6 Å². The molecule has 0 amide bonds. The van der Waals surface area contributed by atoms with E-state index in [1.54, 1.807) is 0 Å². The summed E-state index contributed by atoms with van der Waals surface area (Å²) in [4.78, 5) is 11.9. The van der Waals surface area contributed by atoms with E-state index in [1.807, 2.05) is 24.3 Å². The largest absolute Gasteiger partial charge is 0.462 e. The molecule has 0 saturated heterocycles. The average Bonchev–Trinajstić information content (AvgIpc) is 2.70. The summed E-state index contributed by atoms with van der Waals surface area (Å²) in [5, 5.41) is 0. The predicted octanol–water partition coefficient (Wildman–Crippen LogP) is 8.71. The molecule has 160 valence electrons. The van der Waals surface area contributed by atoms with Gasteiger partial charge in [0.2, 0.25) is 0 Å². The Kier molecular flexibility index (Phi) is 16.8. The third kappa shape index (κ3) is 14.4. The minimum Gasteiger partial charge on any atom is -0.462 e. The van der Waals surface area contributed by atoms with Crippen LogP contribution in [0.3, 0.4) is 0 Å². The second-order valence-electron chi connectivity index (χ2n) is 7.95. The van der Waals surface area contributed by atoms with Gasteiger partial charge in [-0.15, -0.1) is 0 Å². The van der Waals surface area contributed by atoms with Gasteiger partial charge in [0.05, 0.1) is 12.2 Å². The van der Waals surface area contributed by atoms with Crippen LogP contribution in [0, 0.1) is 3.57 Å². The Morgan fingerprint density at radius 3 is 1.50 bits per heavy atom. The predicted molar refractivity (Wildman–Crippen MR) is 129 cm³/mol. The summed E-state index contributed by atoms with van der Waals surface area (Å²) in [6, 6.07) is 7.53. The summed E-state index contributed by atoms with van der Waals surface area (Å²) in [6.45, 7) is 2.83. The molecule has 0 unspecified atom stereocenters. The summed E-state index contributed by atoms with van der Waals surface area (Å²) in [6.07, 6.45) is 21.7. The van der Waals surface area contributed by atoms with E-state index >= 15 is 0 Å². The minimum atomic E-state index is -0.197. The Bertz CT molecular complexity index is 484. The van der Waals surface area contributed by atoms with E-state index in [1.165, 1.54) is 89.9 Å². The maximum atomic E-state index is 11.9. The van der Waals surface area contributed by atoms with E-state index in [4.69, 9.17) is 4.74 Å². The normalized spacial score (nSPS) is 10.9. The summed E-state index contributed by atoms with van der Waals surface area (Å²) in [5.74, 6) is -0.197. The van der Waals surface area contributed by atoms with Crippen molar-refractivity contribution in [3.63, 3.8) is 0 Å². The number of esters is 1. The number of halogens is 1. The first-order chi connectivity index (χ1) is 13.7. The van der Waals surface area contributed by atoms with Crippen LogP contribution >= 0.6 is 22.6 Å². The molecule has 0 aromatic heterocycles. The molecule has 0 heterocycles. The molecular weight excluding hydrogens is 459 g/mol. The monoisotopic (exact) mass is 500 g/mol. The first-order valence-electron chi connectivity index (χ1n) is 11.7. The standard InChI is InChI=1S/C25H41IO2/c1-2-3-4-5-6-7-8-9-10-11-12-13-14-15-16-17-22-28-25(27)23-18-20-24(26)21-19-23/h18-21H,2-17,22H2,1H3. The lowest BCUT2D eigenvalue weighted by molar-refractivity contribution is 0.0497. The van der Waals surface area contributed by atoms with E-state index in [9.17, 15) is 4.79 Å². The van der Waals surface area contributed by atoms with Crippen molar-refractivity contribution in [3.05, 3.63) is 33.4 Å². The maximum Gasteiger partial charge on any atom is 0.338 e. The minimum absolute atomic E-state index is 0.197. The highest BCUT2D eigenvalue weighted by Crippen LogP contribution is 2.14. The molecule has 3 heteroatoms. The molecule has 28 heavy (non-hydrogen) atoms. The van der Waals surface area contributed by atoms with Gasteiger partial charge in [0.25, 0.3) is 0 Å². The molecule has 0 bridgehead atoms. The van der Waals surface area contributed by atoms with Crippen LogP contribution in [-0.2, 0) is 4.74 Å². The number of rotatable bonds is 18. The molecule has 0 spiro atoms. The van der Waals surface area contributed by atoms with Gasteiger partial charge in [-0.05, 0) is 53.3 Å². The van der Waals surface area contributed by atoms with Crippen LogP contribution < -0.4 is 0 Å². The van der Waals surface area contributed by atoms with Crippen molar-refractivity contribution in [2.45, 2.75) is 110 Å². The first-order valence-corrected chi connectivity index (χ1v) is 12.7. The highest BCUT2D eigenvalue weighted by Gasteiger charge is 2.05. The zero-order valence-electron chi connectivity index (χ0n) is 18.0. The third-order valence-corrected chi connectivity index (χ3v) is 6.03. The quantitative estimate of drug-likeness (QED) is 0.114. The van der Waals surface area contributed by atoms with Gasteiger partial charge in [-0.2, -0.15) is 0 Å². The number of unbranched alkanes of at least 4 members (excludes halogenated alkanes) is 15. The van der Waals surface area contributed by atoms with Crippen molar-refractivity contribution in [3.8, 4) is 0 Å². The van der Waals surface area contributed by atoms with E-state index in [2.05, 4.69) is 29.5 Å². The van der Waals surface area contributed by atoms with Gasteiger partial charge in [-0.25, -0.2) is 4.79 Å². The molecule has 0 fully saturated rings. The van der Waals surface area contributed by atoms with Crippen LogP contribution in [0.25, 0.3) is 0 Å². The fourth-order valence-electron chi connectivity index (χ4n) is 3.48. The highest BCUT2D eigenvalue weighted by molar-refractivity contribution is 14.1. The van der Waals surface area contributed by atoms with Gasteiger partial charge < -0.3 is 4.74 Å². The molecule has 1 aromatic rings. The molecule has 0 aliphatic rings. The second-order valence-corrected chi connectivity index (χ2v) is 9.19. The number of ether oxygens (including phenoxy) is 1. The van der Waals surface area contributed by atoms with Crippen LogP contribution in [0.15, 0.2) is 24.3 Å². The smallest absolute Gasteiger partial charge is 0.338 e. The first kappa shape index (κ1) is 25.5. The maximum absolute atomic E-state index is 11.9. The lowest BCUT2D eigenvalue weighted by atomic mass is 10.0. The zero-order chi connectivity index (χ0) is 20.3. The fraction of sp³-hybridized carbons (Fsp3) is 0.720. The van der Waals surface area contributed by atoms with Crippen LogP contribution in [0.4, 0.5) is 0 Å². The van der Waals surface area contributed by atoms with Crippen molar-refractivity contribution in [1.29, 1.82) is 0 Å². The molecular formula is C25H41IO2. The topological polar surface area (TPSA) is 26.3 Å². The van der Waals surface area contributed by atoms with E-state index in [0.717, 1.165) is 16.4 Å². The molecule has 0 aliphatic heterocycles. The second kappa shape index (κ2) is 18.4. The number of hydrogen-bond donors (Lipinski definition) is 0. The van der Waals surface area contributed by atoms with Gasteiger partial charge in [0, 0.05) is 3.57 Å². The number of carbonyl (C=O) groups is 1. The molecule has 0 aliphatic carbocycles. The highest BCUT2D eigenvalue weighted by atomic mass is 127. The lowest BCUT2D eigenvalue weighted by Crippen LogP contribution is -2.06. The van der Waals surface area contributed by atoms with Gasteiger partial charge in [-0.1, -0.05) is 103 Å². The van der Waals surface area contributed by atoms with Crippen LogP contribution in [0.2, 0.25) is 0 Å². The Labute approximate surface area is 187 Å². The van der Waals surface area contributed by atoms with Crippen molar-refractivity contribution < 1.29 is 9.53 Å². The summed E-state index contributed by atoms with van der Waals surface area (Å²) in [7, 11) is 0. The van der Waals surface area contributed by atoms with E-state index < -0.39 is 0 Å².